The lowest BCUT2D eigenvalue weighted by Gasteiger charge is -2.13. The van der Waals surface area contributed by atoms with E-state index in [1.807, 2.05) is 22.7 Å². The van der Waals surface area contributed by atoms with Gasteiger partial charge in [0, 0.05) is 18.0 Å². The number of hydrogen-bond donors (Lipinski definition) is 1. The summed E-state index contributed by atoms with van der Waals surface area (Å²) >= 11 is 0. The van der Waals surface area contributed by atoms with Crippen LogP contribution in [0.25, 0.3) is 16.9 Å². The third-order valence-corrected chi connectivity index (χ3v) is 4.33. The molecule has 0 aliphatic carbocycles. The summed E-state index contributed by atoms with van der Waals surface area (Å²) in [7, 11) is 0. The molecule has 3 aromatic rings. The van der Waals surface area contributed by atoms with Gasteiger partial charge in [0.05, 0.1) is 12.3 Å². The maximum atomic E-state index is 9.24. The van der Waals surface area contributed by atoms with Crippen molar-refractivity contribution in [3.05, 3.63) is 58.4 Å². The Morgan fingerprint density at radius 3 is 2.33 bits per heavy atom. The predicted octanol–water partition coefficient (Wildman–Crippen LogP) is 3.73. The Labute approximate surface area is 124 Å². The van der Waals surface area contributed by atoms with Crippen molar-refractivity contribution in [3.8, 4) is 11.3 Å². The molecular formula is C18H20N2O. The zero-order valence-corrected chi connectivity index (χ0v) is 12.9. The van der Waals surface area contributed by atoms with E-state index < -0.39 is 0 Å². The van der Waals surface area contributed by atoms with Crippen molar-refractivity contribution in [2.75, 3.05) is 0 Å². The first-order valence-corrected chi connectivity index (χ1v) is 7.17. The van der Waals surface area contributed by atoms with E-state index in [0.717, 1.165) is 16.9 Å². The number of aliphatic hydroxyl groups excluding tert-OH is 1. The average Bonchev–Trinajstić information content (AvgIpc) is 2.87. The van der Waals surface area contributed by atoms with Crippen molar-refractivity contribution < 1.29 is 5.11 Å². The highest BCUT2D eigenvalue weighted by atomic mass is 16.3. The Bertz CT molecular complexity index is 805. The number of aromatic nitrogens is 2. The van der Waals surface area contributed by atoms with Gasteiger partial charge in [-0.2, -0.15) is 0 Å². The van der Waals surface area contributed by atoms with Crippen LogP contribution in [-0.4, -0.2) is 14.5 Å². The van der Waals surface area contributed by atoms with Crippen LogP contribution in [0.5, 0.6) is 0 Å². The molecular weight excluding hydrogens is 260 g/mol. The summed E-state index contributed by atoms with van der Waals surface area (Å²) in [6.45, 7) is 8.64. The van der Waals surface area contributed by atoms with E-state index in [1.165, 1.54) is 27.8 Å². The lowest BCUT2D eigenvalue weighted by Crippen LogP contribution is -1.95. The summed E-state index contributed by atoms with van der Waals surface area (Å²) in [4.78, 5) is 4.75. The molecule has 0 fully saturated rings. The Morgan fingerprint density at radius 2 is 1.71 bits per heavy atom. The molecule has 108 valence electrons. The zero-order chi connectivity index (χ0) is 15.1. The lowest BCUT2D eigenvalue weighted by atomic mass is 9.93. The Morgan fingerprint density at radius 1 is 1.05 bits per heavy atom. The molecule has 3 rings (SSSR count). The third kappa shape index (κ3) is 2.24. The van der Waals surface area contributed by atoms with Crippen LogP contribution < -0.4 is 0 Å². The predicted molar refractivity (Wildman–Crippen MR) is 85.5 cm³/mol. The van der Waals surface area contributed by atoms with E-state index in [4.69, 9.17) is 4.98 Å². The normalized spacial score (nSPS) is 11.3. The lowest BCUT2D eigenvalue weighted by molar-refractivity contribution is 0.282. The Hall–Kier alpha value is -2.13. The van der Waals surface area contributed by atoms with Crippen LogP contribution in [0, 0.1) is 27.7 Å². The zero-order valence-electron chi connectivity index (χ0n) is 12.9. The van der Waals surface area contributed by atoms with Gasteiger partial charge in [0.25, 0.3) is 0 Å². The molecule has 2 heterocycles. The molecule has 0 aliphatic rings. The number of aliphatic hydroxyl groups is 1. The fourth-order valence-electron chi connectivity index (χ4n) is 2.84. The van der Waals surface area contributed by atoms with Crippen molar-refractivity contribution in [1.82, 2.24) is 9.38 Å². The molecule has 3 heteroatoms. The van der Waals surface area contributed by atoms with E-state index in [2.05, 4.69) is 40.0 Å². The van der Waals surface area contributed by atoms with E-state index in [1.54, 1.807) is 0 Å². The minimum absolute atomic E-state index is 0.0420. The Kier molecular flexibility index (Phi) is 3.30. The standard InChI is InChI=1S/C18H20N2O/c1-11-7-12(2)14(4)18(13(11)3)16-9-20-6-5-15(10-21)8-17(20)19-16/h5-9,21H,10H2,1-4H3. The molecule has 1 N–H and O–H groups in total. The van der Waals surface area contributed by atoms with Gasteiger partial charge in [0.15, 0.2) is 0 Å². The molecule has 0 atom stereocenters. The quantitative estimate of drug-likeness (QED) is 0.776. The number of aryl methyl sites for hydroxylation is 2. The Balaban J connectivity index is 2.26. The van der Waals surface area contributed by atoms with E-state index >= 15 is 0 Å². The van der Waals surface area contributed by atoms with Gasteiger partial charge in [0.1, 0.15) is 5.65 Å². The van der Waals surface area contributed by atoms with Crippen molar-refractivity contribution in [1.29, 1.82) is 0 Å². The second-order valence-electron chi connectivity index (χ2n) is 5.72. The molecule has 0 saturated carbocycles. The van der Waals surface area contributed by atoms with Gasteiger partial charge in [-0.1, -0.05) is 6.07 Å². The summed E-state index contributed by atoms with van der Waals surface area (Å²) in [5.74, 6) is 0. The molecule has 0 spiro atoms. The van der Waals surface area contributed by atoms with Gasteiger partial charge in [-0.3, -0.25) is 0 Å². The highest BCUT2D eigenvalue weighted by molar-refractivity contribution is 5.72. The minimum Gasteiger partial charge on any atom is -0.392 e. The molecule has 0 unspecified atom stereocenters. The number of fused-ring (bicyclic) bond motifs is 1. The number of pyridine rings is 1. The highest BCUT2D eigenvalue weighted by Crippen LogP contribution is 2.31. The van der Waals surface area contributed by atoms with Gasteiger partial charge < -0.3 is 9.51 Å². The first-order valence-electron chi connectivity index (χ1n) is 7.17. The molecule has 3 nitrogen and oxygen atoms in total. The fourth-order valence-corrected chi connectivity index (χ4v) is 2.84. The van der Waals surface area contributed by atoms with E-state index in [0.29, 0.717) is 0 Å². The maximum absolute atomic E-state index is 9.24. The van der Waals surface area contributed by atoms with Crippen molar-refractivity contribution >= 4 is 5.65 Å². The fraction of sp³-hybridized carbons (Fsp3) is 0.278. The molecule has 0 saturated heterocycles. The SMILES string of the molecule is Cc1cc(C)c(C)c(-c2cn3ccc(CO)cc3n2)c1C. The molecule has 1 aromatic carbocycles. The van der Waals surface area contributed by atoms with Crippen LogP contribution in [0.3, 0.4) is 0 Å². The largest absolute Gasteiger partial charge is 0.392 e. The number of rotatable bonds is 2. The minimum atomic E-state index is 0.0420. The van der Waals surface area contributed by atoms with Crippen LogP contribution in [-0.2, 0) is 6.61 Å². The second kappa shape index (κ2) is 5.01. The van der Waals surface area contributed by atoms with Crippen LogP contribution in [0.2, 0.25) is 0 Å². The number of hydrogen-bond acceptors (Lipinski definition) is 2. The summed E-state index contributed by atoms with van der Waals surface area (Å²) in [6, 6.07) is 6.07. The third-order valence-electron chi connectivity index (χ3n) is 4.33. The molecule has 0 amide bonds. The monoisotopic (exact) mass is 280 g/mol. The molecule has 21 heavy (non-hydrogen) atoms. The van der Waals surface area contributed by atoms with E-state index in [9.17, 15) is 5.11 Å². The second-order valence-corrected chi connectivity index (χ2v) is 5.72. The van der Waals surface area contributed by atoms with Crippen molar-refractivity contribution in [2.24, 2.45) is 0 Å². The van der Waals surface area contributed by atoms with E-state index in [-0.39, 0.29) is 6.61 Å². The van der Waals surface area contributed by atoms with Crippen LogP contribution in [0.1, 0.15) is 27.8 Å². The summed E-state index contributed by atoms with van der Waals surface area (Å²) in [6.07, 6.45) is 4.01. The number of imidazole rings is 1. The smallest absolute Gasteiger partial charge is 0.137 e. The summed E-state index contributed by atoms with van der Waals surface area (Å²) < 4.78 is 2.00. The van der Waals surface area contributed by atoms with Gasteiger partial charge >= 0.3 is 0 Å². The summed E-state index contributed by atoms with van der Waals surface area (Å²) in [5, 5.41) is 9.24. The van der Waals surface area contributed by atoms with Crippen molar-refractivity contribution in [3.63, 3.8) is 0 Å². The molecule has 0 aliphatic heterocycles. The van der Waals surface area contributed by atoms with Gasteiger partial charge in [0.2, 0.25) is 0 Å². The van der Waals surface area contributed by atoms with Crippen LogP contribution in [0.15, 0.2) is 30.6 Å². The average molecular weight is 280 g/mol. The molecule has 2 aromatic heterocycles. The van der Waals surface area contributed by atoms with Crippen LogP contribution >= 0.6 is 0 Å². The van der Waals surface area contributed by atoms with Gasteiger partial charge in [-0.15, -0.1) is 0 Å². The first kappa shape index (κ1) is 13.8. The van der Waals surface area contributed by atoms with Crippen molar-refractivity contribution in [2.45, 2.75) is 34.3 Å². The van der Waals surface area contributed by atoms with Gasteiger partial charge in [-0.25, -0.2) is 4.98 Å². The maximum Gasteiger partial charge on any atom is 0.137 e. The first-order chi connectivity index (χ1) is 10.0. The topological polar surface area (TPSA) is 37.5 Å². The van der Waals surface area contributed by atoms with Crippen LogP contribution in [0.4, 0.5) is 0 Å². The molecule has 0 bridgehead atoms. The molecule has 0 radical (unpaired) electrons. The number of nitrogens with zero attached hydrogens (tertiary/aromatic N) is 2. The highest BCUT2D eigenvalue weighted by Gasteiger charge is 2.13. The summed E-state index contributed by atoms with van der Waals surface area (Å²) in [5.41, 5.74) is 9.12. The number of benzene rings is 1. The van der Waals surface area contributed by atoms with Gasteiger partial charge in [-0.05, 0) is 67.6 Å².